The van der Waals surface area contributed by atoms with Gasteiger partial charge in [-0.25, -0.2) is 4.68 Å². The third-order valence-corrected chi connectivity index (χ3v) is 9.11. The van der Waals surface area contributed by atoms with Crippen molar-refractivity contribution < 1.29 is 14.2 Å². The summed E-state index contributed by atoms with van der Waals surface area (Å²) in [7, 11) is 1.61. The maximum Gasteiger partial charge on any atom is 0.291 e. The predicted octanol–water partition coefficient (Wildman–Crippen LogP) is 7.75. The van der Waals surface area contributed by atoms with E-state index in [4.69, 9.17) is 30.9 Å². The molecule has 0 aliphatic carbocycles. The van der Waals surface area contributed by atoms with E-state index in [-0.39, 0.29) is 5.56 Å². The van der Waals surface area contributed by atoms with Crippen LogP contribution < -0.4 is 24.3 Å². The molecule has 0 spiro atoms. The molecule has 0 radical (unpaired) electrons. The van der Waals surface area contributed by atoms with Crippen LogP contribution in [0.15, 0.2) is 108 Å². The maximum absolute atomic E-state index is 13.6. The maximum atomic E-state index is 13.6. The Hall–Kier alpha value is -5.71. The summed E-state index contributed by atoms with van der Waals surface area (Å²) in [5.74, 6) is 2.44. The SMILES string of the molecule is CCCOc1ccc(/C=C/c2nc3s/c(=C\c4cn(-c5ccccc5)nc4-c4cccc(OCc5ccccc5Cl)c4)c(=O)n3n2)cc1OC. The molecule has 0 atom stereocenters. The summed E-state index contributed by atoms with van der Waals surface area (Å²) in [4.78, 5) is 18.7. The molecule has 7 aromatic rings. The third kappa shape index (κ3) is 7.17. The molecule has 0 bridgehead atoms. The Morgan fingerprint density at radius 3 is 2.52 bits per heavy atom. The van der Waals surface area contributed by atoms with Gasteiger partial charge in [-0.2, -0.15) is 14.6 Å². The van der Waals surface area contributed by atoms with E-state index in [1.807, 2.05) is 115 Å². The van der Waals surface area contributed by atoms with Crippen LogP contribution in [-0.4, -0.2) is 38.1 Å². The quantitative estimate of drug-likeness (QED) is 0.129. The molecule has 4 aromatic carbocycles. The second kappa shape index (κ2) is 14.8. The highest BCUT2D eigenvalue weighted by Gasteiger charge is 2.15. The molecule has 0 saturated heterocycles. The molecule has 3 aromatic heterocycles. The Bertz CT molecular complexity index is 2420. The zero-order valence-corrected chi connectivity index (χ0v) is 28.9. The summed E-state index contributed by atoms with van der Waals surface area (Å²) in [6.07, 6.45) is 8.31. The predicted molar refractivity (Wildman–Crippen MR) is 198 cm³/mol. The van der Waals surface area contributed by atoms with Gasteiger partial charge in [-0.05, 0) is 66.6 Å². The minimum Gasteiger partial charge on any atom is -0.493 e. The summed E-state index contributed by atoms with van der Waals surface area (Å²) in [5, 5.41) is 10.1. The average molecular weight is 702 g/mol. The van der Waals surface area contributed by atoms with E-state index < -0.39 is 0 Å². The standard InChI is InChI=1S/C39H32ClN5O4S/c1-3-20-48-33-18-16-26(21-34(33)47-2)17-19-36-41-39-45(42-36)38(46)35(50-39)23-29-24-44(30-12-5-4-6-13-30)43-37(29)27-11-9-14-31(22-27)49-25-28-10-7-8-15-32(28)40/h4-19,21-24H,3,20,25H2,1-2H3/b19-17+,35-23-. The molecule has 0 fully saturated rings. The van der Waals surface area contributed by atoms with E-state index in [9.17, 15) is 4.79 Å². The zero-order valence-electron chi connectivity index (χ0n) is 27.3. The van der Waals surface area contributed by atoms with E-state index in [1.165, 1.54) is 15.9 Å². The number of nitrogens with zero attached hydrogens (tertiary/aromatic N) is 5. The fourth-order valence-corrected chi connectivity index (χ4v) is 6.39. The largest absolute Gasteiger partial charge is 0.493 e. The summed E-state index contributed by atoms with van der Waals surface area (Å²) in [5.41, 5.74) is 4.71. The molecule has 50 heavy (non-hydrogen) atoms. The molecule has 0 aliphatic heterocycles. The number of aromatic nitrogens is 5. The van der Waals surface area contributed by atoms with E-state index >= 15 is 0 Å². The number of ether oxygens (including phenoxy) is 3. The molecular weight excluding hydrogens is 670 g/mol. The van der Waals surface area contributed by atoms with Gasteiger partial charge < -0.3 is 14.2 Å². The van der Waals surface area contributed by atoms with Gasteiger partial charge in [-0.15, -0.1) is 5.10 Å². The second-order valence-corrected chi connectivity index (χ2v) is 12.7. The zero-order chi connectivity index (χ0) is 34.5. The lowest BCUT2D eigenvalue weighted by Gasteiger charge is -2.10. The molecule has 0 amide bonds. The highest BCUT2D eigenvalue weighted by atomic mass is 35.5. The lowest BCUT2D eigenvalue weighted by atomic mass is 10.1. The van der Waals surface area contributed by atoms with Gasteiger partial charge in [-0.3, -0.25) is 4.79 Å². The first-order valence-corrected chi connectivity index (χ1v) is 17.2. The number of fused-ring (bicyclic) bond motifs is 1. The molecular formula is C39H32ClN5O4S. The molecule has 0 N–H and O–H groups in total. The number of methoxy groups -OCH3 is 1. The van der Waals surface area contributed by atoms with Gasteiger partial charge in [-0.1, -0.05) is 90.5 Å². The van der Waals surface area contributed by atoms with Gasteiger partial charge in [0.2, 0.25) is 4.96 Å². The first-order chi connectivity index (χ1) is 24.5. The first kappa shape index (κ1) is 32.8. The van der Waals surface area contributed by atoms with E-state index in [0.29, 0.717) is 56.5 Å². The minimum atomic E-state index is -0.258. The van der Waals surface area contributed by atoms with Gasteiger partial charge in [0.15, 0.2) is 17.3 Å². The Labute approximate surface area is 297 Å². The fourth-order valence-electron chi connectivity index (χ4n) is 5.29. The third-order valence-electron chi connectivity index (χ3n) is 7.78. The Morgan fingerprint density at radius 1 is 0.880 bits per heavy atom. The smallest absolute Gasteiger partial charge is 0.291 e. The summed E-state index contributed by atoms with van der Waals surface area (Å²) in [6.45, 7) is 2.99. The van der Waals surface area contributed by atoms with Crippen LogP contribution in [0.1, 0.15) is 35.9 Å². The van der Waals surface area contributed by atoms with Crippen molar-refractivity contribution in [1.29, 1.82) is 0 Å². The van der Waals surface area contributed by atoms with Crippen LogP contribution in [0.25, 0.3) is 40.1 Å². The Kier molecular flexibility index (Phi) is 9.72. The molecule has 250 valence electrons. The number of hydrogen-bond acceptors (Lipinski definition) is 8. The van der Waals surface area contributed by atoms with Crippen molar-refractivity contribution in [3.8, 4) is 34.2 Å². The van der Waals surface area contributed by atoms with Gasteiger partial charge >= 0.3 is 0 Å². The van der Waals surface area contributed by atoms with Gasteiger partial charge in [0.05, 0.1) is 23.9 Å². The fraction of sp³-hybridized carbons (Fsp3) is 0.128. The average Bonchev–Trinajstić information content (AvgIpc) is 3.84. The highest BCUT2D eigenvalue weighted by Crippen LogP contribution is 2.30. The second-order valence-electron chi connectivity index (χ2n) is 11.3. The number of rotatable bonds is 12. The highest BCUT2D eigenvalue weighted by molar-refractivity contribution is 7.15. The number of benzene rings is 4. The van der Waals surface area contributed by atoms with E-state index in [2.05, 4.69) is 17.0 Å². The van der Waals surface area contributed by atoms with Crippen LogP contribution in [-0.2, 0) is 6.61 Å². The lowest BCUT2D eigenvalue weighted by Crippen LogP contribution is -2.23. The van der Waals surface area contributed by atoms with Crippen molar-refractivity contribution >= 4 is 46.1 Å². The monoisotopic (exact) mass is 701 g/mol. The van der Waals surface area contributed by atoms with Gasteiger partial charge in [0.1, 0.15) is 18.1 Å². The molecule has 0 saturated carbocycles. The van der Waals surface area contributed by atoms with Crippen LogP contribution in [0.4, 0.5) is 0 Å². The topological polar surface area (TPSA) is 92.8 Å². The molecule has 3 heterocycles. The summed E-state index contributed by atoms with van der Waals surface area (Å²) < 4.78 is 21.0. The lowest BCUT2D eigenvalue weighted by molar-refractivity contribution is 0.294. The van der Waals surface area contributed by atoms with Gasteiger partial charge in [0.25, 0.3) is 5.56 Å². The van der Waals surface area contributed by atoms with Gasteiger partial charge in [0, 0.05) is 27.9 Å². The van der Waals surface area contributed by atoms with Crippen molar-refractivity contribution in [2.45, 2.75) is 20.0 Å². The first-order valence-electron chi connectivity index (χ1n) is 16.0. The molecule has 9 nitrogen and oxygen atoms in total. The molecule has 11 heteroatoms. The van der Waals surface area contributed by atoms with Crippen LogP contribution in [0, 0.1) is 0 Å². The van der Waals surface area contributed by atoms with E-state index in [1.54, 1.807) is 17.9 Å². The summed E-state index contributed by atoms with van der Waals surface area (Å²) in [6, 6.07) is 30.9. The Balaban J connectivity index is 1.19. The number of thiazole rings is 1. The molecule has 0 aliphatic rings. The number of para-hydroxylation sites is 1. The summed E-state index contributed by atoms with van der Waals surface area (Å²) >= 11 is 7.62. The minimum absolute atomic E-state index is 0.258. The molecule has 0 unspecified atom stereocenters. The van der Waals surface area contributed by atoms with Crippen LogP contribution in [0.3, 0.4) is 0 Å². The van der Waals surface area contributed by atoms with Crippen molar-refractivity contribution in [2.24, 2.45) is 0 Å². The number of hydrogen-bond donors (Lipinski definition) is 0. The van der Waals surface area contributed by atoms with Crippen molar-refractivity contribution in [3.63, 3.8) is 0 Å². The van der Waals surface area contributed by atoms with Crippen molar-refractivity contribution in [3.05, 3.63) is 146 Å². The van der Waals surface area contributed by atoms with Crippen LogP contribution in [0.5, 0.6) is 17.2 Å². The van der Waals surface area contributed by atoms with Crippen molar-refractivity contribution in [1.82, 2.24) is 24.4 Å². The van der Waals surface area contributed by atoms with Crippen LogP contribution in [0.2, 0.25) is 5.02 Å². The van der Waals surface area contributed by atoms with E-state index in [0.717, 1.165) is 34.4 Å². The Morgan fingerprint density at radius 2 is 1.72 bits per heavy atom. The van der Waals surface area contributed by atoms with Crippen LogP contribution >= 0.6 is 22.9 Å². The normalized spacial score (nSPS) is 11.9. The molecule has 7 rings (SSSR count). The number of halogens is 1. The van der Waals surface area contributed by atoms with Crippen molar-refractivity contribution in [2.75, 3.05) is 13.7 Å².